The molecule has 2 aromatic carbocycles. The monoisotopic (exact) mass is 330 g/mol. The van der Waals surface area contributed by atoms with Crippen molar-refractivity contribution < 1.29 is 18.7 Å². The number of para-hydroxylation sites is 3. The lowest BCUT2D eigenvalue weighted by atomic mass is 10.2. The molecule has 0 aliphatic carbocycles. The minimum absolute atomic E-state index is 0.0337. The van der Waals surface area contributed by atoms with Gasteiger partial charge in [0.05, 0.1) is 18.5 Å². The van der Waals surface area contributed by atoms with E-state index in [9.17, 15) is 14.0 Å². The number of carbonyl (C=O) groups excluding carboxylic acids is 2. The number of nitrogens with one attached hydrogen (secondary N) is 1. The van der Waals surface area contributed by atoms with Crippen LogP contribution in [0.1, 0.15) is 13.3 Å². The zero-order valence-corrected chi connectivity index (χ0v) is 13.6. The van der Waals surface area contributed by atoms with E-state index >= 15 is 0 Å². The van der Waals surface area contributed by atoms with Crippen molar-refractivity contribution in [2.75, 3.05) is 23.9 Å². The zero-order chi connectivity index (χ0) is 17.5. The van der Waals surface area contributed by atoms with Crippen molar-refractivity contribution in [1.29, 1.82) is 0 Å². The SMILES string of the molecule is COc1ccccc1N(CCC(=O)Nc1ccccc1F)C(C)=O. The first-order chi connectivity index (χ1) is 11.5. The minimum atomic E-state index is -0.501. The molecule has 2 rings (SSSR count). The Morgan fingerprint density at radius 1 is 1.12 bits per heavy atom. The lowest BCUT2D eigenvalue weighted by Gasteiger charge is -2.23. The van der Waals surface area contributed by atoms with Crippen LogP contribution in [0.4, 0.5) is 15.8 Å². The summed E-state index contributed by atoms with van der Waals surface area (Å²) in [5.74, 6) is -0.541. The van der Waals surface area contributed by atoms with E-state index in [-0.39, 0.29) is 30.5 Å². The summed E-state index contributed by atoms with van der Waals surface area (Å²) in [6.45, 7) is 1.58. The number of ether oxygens (including phenoxy) is 1. The van der Waals surface area contributed by atoms with Gasteiger partial charge in [-0.15, -0.1) is 0 Å². The molecule has 0 radical (unpaired) electrons. The van der Waals surface area contributed by atoms with Crippen molar-refractivity contribution in [3.8, 4) is 5.75 Å². The van der Waals surface area contributed by atoms with E-state index in [2.05, 4.69) is 5.32 Å². The molecule has 0 atom stereocenters. The Hall–Kier alpha value is -2.89. The molecular weight excluding hydrogens is 311 g/mol. The van der Waals surface area contributed by atoms with Gasteiger partial charge < -0.3 is 15.0 Å². The molecule has 2 amide bonds. The first kappa shape index (κ1) is 17.5. The summed E-state index contributed by atoms with van der Waals surface area (Å²) in [4.78, 5) is 25.4. The molecule has 0 saturated carbocycles. The fourth-order valence-corrected chi connectivity index (χ4v) is 2.29. The molecule has 126 valence electrons. The maximum absolute atomic E-state index is 13.5. The van der Waals surface area contributed by atoms with E-state index in [4.69, 9.17) is 4.74 Å². The van der Waals surface area contributed by atoms with Gasteiger partial charge in [0.1, 0.15) is 11.6 Å². The highest BCUT2D eigenvalue weighted by atomic mass is 19.1. The second kappa shape index (κ2) is 8.10. The van der Waals surface area contributed by atoms with Gasteiger partial charge in [-0.3, -0.25) is 9.59 Å². The first-order valence-electron chi connectivity index (χ1n) is 7.48. The van der Waals surface area contributed by atoms with E-state index in [1.165, 1.54) is 31.1 Å². The van der Waals surface area contributed by atoms with E-state index in [1.54, 1.807) is 36.4 Å². The van der Waals surface area contributed by atoms with Gasteiger partial charge in [-0.05, 0) is 24.3 Å². The Morgan fingerprint density at radius 2 is 1.79 bits per heavy atom. The van der Waals surface area contributed by atoms with Crippen LogP contribution in [0.25, 0.3) is 0 Å². The molecule has 0 aliphatic heterocycles. The topological polar surface area (TPSA) is 58.6 Å². The lowest BCUT2D eigenvalue weighted by Crippen LogP contribution is -2.32. The summed E-state index contributed by atoms with van der Waals surface area (Å²) in [5.41, 5.74) is 0.709. The highest BCUT2D eigenvalue weighted by molar-refractivity contribution is 5.95. The van der Waals surface area contributed by atoms with Gasteiger partial charge in [-0.1, -0.05) is 24.3 Å². The smallest absolute Gasteiger partial charge is 0.226 e. The fraction of sp³-hybridized carbons (Fsp3) is 0.222. The third-order valence-electron chi connectivity index (χ3n) is 3.47. The van der Waals surface area contributed by atoms with E-state index in [0.717, 1.165) is 0 Å². The third kappa shape index (κ3) is 4.32. The number of halogens is 1. The predicted octanol–water partition coefficient (Wildman–Crippen LogP) is 3.22. The molecular formula is C18H19FN2O3. The Morgan fingerprint density at radius 3 is 2.46 bits per heavy atom. The second-order valence-corrected chi connectivity index (χ2v) is 5.12. The van der Waals surface area contributed by atoms with Crippen LogP contribution in [0, 0.1) is 5.82 Å². The highest BCUT2D eigenvalue weighted by Gasteiger charge is 2.17. The molecule has 0 aromatic heterocycles. The van der Waals surface area contributed by atoms with Gasteiger partial charge in [-0.25, -0.2) is 4.39 Å². The summed E-state index contributed by atoms with van der Waals surface area (Å²) >= 11 is 0. The largest absolute Gasteiger partial charge is 0.495 e. The molecule has 0 aliphatic rings. The molecule has 0 saturated heterocycles. The number of benzene rings is 2. The molecule has 24 heavy (non-hydrogen) atoms. The number of carbonyl (C=O) groups is 2. The van der Waals surface area contributed by atoms with E-state index < -0.39 is 5.82 Å². The standard InChI is InChI=1S/C18H19FN2O3/c1-13(22)21(16-9-5-6-10-17(16)24-2)12-11-18(23)20-15-8-4-3-7-14(15)19/h3-10H,11-12H2,1-2H3,(H,20,23). The summed E-state index contributed by atoms with van der Waals surface area (Å²) < 4.78 is 18.8. The van der Waals surface area contributed by atoms with Gasteiger partial charge in [-0.2, -0.15) is 0 Å². The average Bonchev–Trinajstić information content (AvgIpc) is 2.57. The number of methoxy groups -OCH3 is 1. The predicted molar refractivity (Wildman–Crippen MR) is 90.7 cm³/mol. The molecule has 1 N–H and O–H groups in total. The van der Waals surface area contributed by atoms with Crippen molar-refractivity contribution in [2.45, 2.75) is 13.3 Å². The number of anilines is 2. The fourth-order valence-electron chi connectivity index (χ4n) is 2.29. The van der Waals surface area contributed by atoms with Crippen LogP contribution in [0.3, 0.4) is 0 Å². The van der Waals surface area contributed by atoms with Gasteiger partial charge in [0.25, 0.3) is 0 Å². The van der Waals surface area contributed by atoms with Crippen LogP contribution in [0.2, 0.25) is 0 Å². The Balaban J connectivity index is 2.05. The van der Waals surface area contributed by atoms with Crippen LogP contribution in [0.15, 0.2) is 48.5 Å². The summed E-state index contributed by atoms with van der Waals surface area (Å²) in [6.07, 6.45) is 0.0337. The van der Waals surface area contributed by atoms with Gasteiger partial charge >= 0.3 is 0 Å². The summed E-state index contributed by atoms with van der Waals surface area (Å²) in [6, 6.07) is 13.0. The summed E-state index contributed by atoms with van der Waals surface area (Å²) in [5, 5.41) is 2.50. The molecule has 5 nitrogen and oxygen atoms in total. The highest BCUT2D eigenvalue weighted by Crippen LogP contribution is 2.28. The van der Waals surface area contributed by atoms with Crippen LogP contribution in [-0.2, 0) is 9.59 Å². The Kier molecular flexibility index (Phi) is 5.89. The average molecular weight is 330 g/mol. The van der Waals surface area contributed by atoms with Crippen LogP contribution < -0.4 is 15.0 Å². The van der Waals surface area contributed by atoms with Gasteiger partial charge in [0.2, 0.25) is 11.8 Å². The van der Waals surface area contributed by atoms with Crippen LogP contribution in [0.5, 0.6) is 5.75 Å². The number of nitrogens with zero attached hydrogens (tertiary/aromatic N) is 1. The van der Waals surface area contributed by atoms with Crippen molar-refractivity contribution >= 4 is 23.2 Å². The van der Waals surface area contributed by atoms with Crippen molar-refractivity contribution in [3.05, 3.63) is 54.3 Å². The second-order valence-electron chi connectivity index (χ2n) is 5.12. The normalized spacial score (nSPS) is 10.1. The van der Waals surface area contributed by atoms with Crippen molar-refractivity contribution in [3.63, 3.8) is 0 Å². The Labute approximate surface area is 140 Å². The van der Waals surface area contributed by atoms with Crippen molar-refractivity contribution in [1.82, 2.24) is 0 Å². The number of amides is 2. The van der Waals surface area contributed by atoms with Gasteiger partial charge in [0.15, 0.2) is 0 Å². The van der Waals surface area contributed by atoms with Gasteiger partial charge in [0, 0.05) is 19.9 Å². The van der Waals surface area contributed by atoms with Crippen LogP contribution in [-0.4, -0.2) is 25.5 Å². The molecule has 0 unspecified atom stereocenters. The number of hydrogen-bond acceptors (Lipinski definition) is 3. The van der Waals surface area contributed by atoms with Crippen LogP contribution >= 0.6 is 0 Å². The molecule has 0 spiro atoms. The maximum Gasteiger partial charge on any atom is 0.226 e. The molecule has 0 bridgehead atoms. The maximum atomic E-state index is 13.5. The minimum Gasteiger partial charge on any atom is -0.495 e. The van der Waals surface area contributed by atoms with E-state index in [0.29, 0.717) is 11.4 Å². The molecule has 2 aromatic rings. The zero-order valence-electron chi connectivity index (χ0n) is 13.6. The van der Waals surface area contributed by atoms with E-state index in [1.807, 2.05) is 0 Å². The third-order valence-corrected chi connectivity index (χ3v) is 3.47. The molecule has 0 heterocycles. The number of hydrogen-bond donors (Lipinski definition) is 1. The molecule has 0 fully saturated rings. The number of rotatable bonds is 6. The quantitative estimate of drug-likeness (QED) is 0.885. The molecule has 6 heteroatoms. The first-order valence-corrected chi connectivity index (χ1v) is 7.48. The lowest BCUT2D eigenvalue weighted by molar-refractivity contribution is -0.117. The summed E-state index contributed by atoms with van der Waals surface area (Å²) in [7, 11) is 1.52. The van der Waals surface area contributed by atoms with Crippen molar-refractivity contribution in [2.24, 2.45) is 0 Å². The Bertz CT molecular complexity index is 734.